The molecule has 0 N–H and O–H groups in total. The first-order valence-corrected chi connectivity index (χ1v) is 23.4. The lowest BCUT2D eigenvalue weighted by Gasteiger charge is -2.41. The third-order valence-electron chi connectivity index (χ3n) is 14.7. The van der Waals surface area contributed by atoms with Crippen molar-refractivity contribution in [2.45, 2.75) is 151 Å². The third-order valence-corrected chi connectivity index (χ3v) is 14.7. The molecule has 4 aliphatic rings. The Morgan fingerprint density at radius 2 is 1.05 bits per heavy atom. The van der Waals surface area contributed by atoms with Gasteiger partial charge in [-0.25, -0.2) is 0 Å². The Kier molecular flexibility index (Phi) is 9.52. The number of allylic oxidation sites excluding steroid dienone is 2. The van der Waals surface area contributed by atoms with Gasteiger partial charge in [0, 0.05) is 34.2 Å². The summed E-state index contributed by atoms with van der Waals surface area (Å²) in [7, 11) is 0. The summed E-state index contributed by atoms with van der Waals surface area (Å²) >= 11 is 0. The molecular weight excluding hydrogens is 747 g/mol. The average Bonchev–Trinajstić information content (AvgIpc) is 3.90. The summed E-state index contributed by atoms with van der Waals surface area (Å²) < 4.78 is 0. The van der Waals surface area contributed by atoms with Gasteiger partial charge in [-0.15, -0.1) is 0 Å². The van der Waals surface area contributed by atoms with Gasteiger partial charge in [-0.3, -0.25) is 0 Å². The molecule has 3 heteroatoms. The van der Waals surface area contributed by atoms with Crippen LogP contribution in [0.25, 0.3) is 11.1 Å². The van der Waals surface area contributed by atoms with E-state index < -0.39 is 0 Å². The summed E-state index contributed by atoms with van der Waals surface area (Å²) in [5.74, 6) is 0.466. The smallest absolute Gasteiger partial charge is 0.245 e. The quantitative estimate of drug-likeness (QED) is 0.167. The van der Waals surface area contributed by atoms with Gasteiger partial charge in [0.15, 0.2) is 0 Å². The van der Waals surface area contributed by atoms with E-state index in [9.17, 15) is 0 Å². The molecular formula is C59H71BN2. The molecule has 1 spiro atoms. The van der Waals surface area contributed by atoms with Crippen LogP contribution in [0.5, 0.6) is 0 Å². The molecule has 0 aromatic heterocycles. The summed E-state index contributed by atoms with van der Waals surface area (Å²) in [4.78, 5) is 5.49. The number of hydrogen-bond donors (Lipinski definition) is 0. The maximum atomic E-state index is 2.83. The van der Waals surface area contributed by atoms with E-state index in [2.05, 4.69) is 230 Å². The Labute approximate surface area is 375 Å². The van der Waals surface area contributed by atoms with Gasteiger partial charge in [0.25, 0.3) is 0 Å². The molecule has 1 fully saturated rings. The molecule has 2 atom stereocenters. The molecule has 2 unspecified atom stereocenters. The standard InChI is InChI=1S/C59H71BN2/c1-37-29-51-53-52(30-37)62(46-25-21-40(22-26-46)55(5,6)7)59-35-44(59)31-43(58(14,15)16)32-45(36-59)60(53)48-34-42(57(11,12)13)24-28-50(48)61(51)49-27-23-41(56(8,9)10)33-47(49)38-17-19-39(20-18-38)54(2,3)4/h17-34,44H,35-36H2,1-16H3. The van der Waals surface area contributed by atoms with E-state index in [1.165, 1.54) is 83.9 Å². The molecule has 2 bridgehead atoms. The zero-order chi connectivity index (χ0) is 44.7. The molecule has 2 aliphatic heterocycles. The normalized spacial score (nSPS) is 19.8. The SMILES string of the molecule is Cc1cc2c3c(c1)N(c1ccc(C(C)(C)C)cc1)C14CC(=CC(C(C)(C)C)=CC1C4)B3c1cc(C(C)(C)C)ccc1N2c1ccc(C(C)(C)C)cc1-c1ccc(C(C)(C)C)cc1. The lowest BCUT2D eigenvalue weighted by atomic mass is 9.33. The number of aryl methyl sites for hydroxylation is 1. The minimum Gasteiger partial charge on any atom is -0.335 e. The van der Waals surface area contributed by atoms with Gasteiger partial charge in [0.2, 0.25) is 6.71 Å². The molecule has 0 saturated heterocycles. The van der Waals surface area contributed by atoms with E-state index in [0.29, 0.717) is 5.92 Å². The van der Waals surface area contributed by atoms with Crippen molar-refractivity contribution in [3.8, 4) is 11.1 Å². The predicted molar refractivity (Wildman–Crippen MR) is 271 cm³/mol. The second-order valence-corrected chi connectivity index (χ2v) is 24.6. The first-order valence-electron chi connectivity index (χ1n) is 23.4. The zero-order valence-electron chi connectivity index (χ0n) is 40.9. The predicted octanol–water partition coefficient (Wildman–Crippen LogP) is 15.0. The van der Waals surface area contributed by atoms with E-state index in [1.807, 2.05) is 0 Å². The van der Waals surface area contributed by atoms with Crippen LogP contribution in [0.15, 0.2) is 120 Å². The number of nitrogens with zero attached hydrogens (tertiary/aromatic N) is 2. The highest BCUT2D eigenvalue weighted by Gasteiger charge is 2.62. The average molecular weight is 819 g/mol. The lowest BCUT2D eigenvalue weighted by Crippen LogP contribution is -2.52. The number of benzene rings is 5. The second kappa shape index (κ2) is 13.9. The molecule has 2 aliphatic carbocycles. The van der Waals surface area contributed by atoms with E-state index in [4.69, 9.17) is 0 Å². The van der Waals surface area contributed by atoms with Crippen LogP contribution in [-0.2, 0) is 21.7 Å². The van der Waals surface area contributed by atoms with Crippen LogP contribution in [0.1, 0.15) is 145 Å². The monoisotopic (exact) mass is 819 g/mol. The Balaban J connectivity index is 1.39. The highest BCUT2D eigenvalue weighted by atomic mass is 15.3. The van der Waals surface area contributed by atoms with Crippen molar-refractivity contribution in [2.75, 3.05) is 9.80 Å². The van der Waals surface area contributed by atoms with Crippen LogP contribution in [0.2, 0.25) is 0 Å². The van der Waals surface area contributed by atoms with Crippen molar-refractivity contribution in [1.29, 1.82) is 0 Å². The summed E-state index contributed by atoms with van der Waals surface area (Å²) in [6.07, 6.45) is 7.52. The van der Waals surface area contributed by atoms with E-state index in [1.54, 1.807) is 5.47 Å². The van der Waals surface area contributed by atoms with Gasteiger partial charge >= 0.3 is 0 Å². The number of anilines is 5. The van der Waals surface area contributed by atoms with Crippen LogP contribution in [-0.4, -0.2) is 12.3 Å². The molecule has 1 saturated carbocycles. The van der Waals surface area contributed by atoms with E-state index >= 15 is 0 Å². The van der Waals surface area contributed by atoms with Gasteiger partial charge in [-0.05, 0) is 139 Å². The minimum absolute atomic E-state index is 0.00451. The summed E-state index contributed by atoms with van der Waals surface area (Å²) in [5.41, 5.74) is 21.8. The summed E-state index contributed by atoms with van der Waals surface area (Å²) in [5, 5.41) is 0. The maximum Gasteiger partial charge on any atom is 0.245 e. The van der Waals surface area contributed by atoms with Crippen molar-refractivity contribution in [3.63, 3.8) is 0 Å². The maximum absolute atomic E-state index is 2.83. The van der Waals surface area contributed by atoms with Crippen molar-refractivity contribution >= 4 is 46.1 Å². The molecule has 2 heterocycles. The first-order chi connectivity index (χ1) is 28.8. The molecule has 0 amide bonds. The van der Waals surface area contributed by atoms with E-state index in [-0.39, 0.29) is 39.3 Å². The van der Waals surface area contributed by atoms with Crippen LogP contribution < -0.4 is 20.7 Å². The molecule has 62 heavy (non-hydrogen) atoms. The van der Waals surface area contributed by atoms with Crippen molar-refractivity contribution < 1.29 is 0 Å². The van der Waals surface area contributed by atoms with Crippen LogP contribution in [0.3, 0.4) is 0 Å². The molecule has 2 nitrogen and oxygen atoms in total. The topological polar surface area (TPSA) is 6.48 Å². The van der Waals surface area contributed by atoms with Gasteiger partial charge < -0.3 is 9.80 Å². The fourth-order valence-corrected chi connectivity index (χ4v) is 10.7. The Bertz CT molecular complexity index is 2660. The fourth-order valence-electron chi connectivity index (χ4n) is 10.7. The largest absolute Gasteiger partial charge is 0.335 e. The van der Waals surface area contributed by atoms with Crippen molar-refractivity contribution in [3.05, 3.63) is 148 Å². The van der Waals surface area contributed by atoms with Gasteiger partial charge in [0.1, 0.15) is 0 Å². The van der Waals surface area contributed by atoms with Gasteiger partial charge in [-0.1, -0.05) is 176 Å². The fraction of sp³-hybridized carbons (Fsp3) is 0.424. The Morgan fingerprint density at radius 3 is 1.61 bits per heavy atom. The lowest BCUT2D eigenvalue weighted by molar-refractivity contribution is 0.513. The van der Waals surface area contributed by atoms with Crippen molar-refractivity contribution in [1.82, 2.24) is 0 Å². The molecule has 0 radical (unpaired) electrons. The highest BCUT2D eigenvalue weighted by molar-refractivity contribution is 6.94. The van der Waals surface area contributed by atoms with Gasteiger partial charge in [-0.2, -0.15) is 0 Å². The Hall–Kier alpha value is -4.76. The Morgan fingerprint density at radius 1 is 0.532 bits per heavy atom. The van der Waals surface area contributed by atoms with Crippen LogP contribution in [0, 0.1) is 18.3 Å². The molecule has 5 aromatic carbocycles. The summed E-state index contributed by atoms with van der Waals surface area (Å²) in [6, 6.07) is 38.9. The third kappa shape index (κ3) is 7.11. The molecule has 320 valence electrons. The minimum atomic E-state index is -0.0397. The molecule has 5 aromatic rings. The first kappa shape index (κ1) is 42.5. The highest BCUT2D eigenvalue weighted by Crippen LogP contribution is 2.62. The second-order valence-electron chi connectivity index (χ2n) is 24.6. The molecule has 9 rings (SSSR count). The number of fused-ring (bicyclic) bond motifs is 4. The number of rotatable bonds is 3. The van der Waals surface area contributed by atoms with Crippen molar-refractivity contribution in [2.24, 2.45) is 11.3 Å². The van der Waals surface area contributed by atoms with Gasteiger partial charge in [0.05, 0.1) is 11.2 Å². The van der Waals surface area contributed by atoms with E-state index in [0.717, 1.165) is 12.8 Å². The van der Waals surface area contributed by atoms with Crippen LogP contribution >= 0.6 is 0 Å². The zero-order valence-corrected chi connectivity index (χ0v) is 40.9. The summed E-state index contributed by atoms with van der Waals surface area (Å²) in [6.45, 7) is 37.7. The van der Waals surface area contributed by atoms with Crippen LogP contribution in [0.4, 0.5) is 28.4 Å². The number of hydrogen-bond acceptors (Lipinski definition) is 2.